The molecule has 0 spiro atoms. The van der Waals surface area contributed by atoms with E-state index in [0.717, 1.165) is 55.0 Å². The molecule has 2 aromatic heterocycles. The number of pyridine rings is 2. The highest BCUT2D eigenvalue weighted by atomic mass is 16.5. The van der Waals surface area contributed by atoms with Crippen LogP contribution in [-0.4, -0.2) is 53.6 Å². The number of fused-ring (bicyclic) bond motifs is 1. The predicted molar refractivity (Wildman–Crippen MR) is 109 cm³/mol. The lowest BCUT2D eigenvalue weighted by molar-refractivity contribution is 0.0526. The van der Waals surface area contributed by atoms with Crippen molar-refractivity contribution in [2.24, 2.45) is 0 Å². The van der Waals surface area contributed by atoms with E-state index in [4.69, 9.17) is 4.74 Å². The van der Waals surface area contributed by atoms with Crippen LogP contribution >= 0.6 is 0 Å². The number of para-hydroxylation sites is 1. The Kier molecular flexibility index (Phi) is 5.48. The first-order chi connectivity index (χ1) is 13.8. The van der Waals surface area contributed by atoms with Gasteiger partial charge in [-0.2, -0.15) is 0 Å². The lowest BCUT2D eigenvalue weighted by Crippen LogP contribution is -2.46. The largest absolute Gasteiger partial charge is 0.462 e. The zero-order valence-electron chi connectivity index (χ0n) is 16.0. The molecule has 28 heavy (non-hydrogen) atoms. The molecule has 3 aromatic rings. The number of esters is 1. The standard InChI is InChI=1S/C22H24N4O2/c1-2-28-22(27)19-15-24-20-9-4-3-8-18(20)21(19)26-13-11-25(12-14-26)16-17-7-5-6-10-23-17/h3-10,15H,2,11-14,16H2,1H3. The highest BCUT2D eigenvalue weighted by molar-refractivity contribution is 6.05. The van der Waals surface area contributed by atoms with Crippen molar-refractivity contribution in [2.75, 3.05) is 37.7 Å². The Balaban J connectivity index is 1.58. The number of carbonyl (C=O) groups excluding carboxylic acids is 1. The molecule has 0 amide bonds. The second kappa shape index (κ2) is 8.35. The molecule has 1 aromatic carbocycles. The summed E-state index contributed by atoms with van der Waals surface area (Å²) in [6.45, 7) is 6.52. The van der Waals surface area contributed by atoms with Gasteiger partial charge in [0.05, 0.1) is 23.5 Å². The van der Waals surface area contributed by atoms with Crippen LogP contribution in [0.25, 0.3) is 10.9 Å². The molecule has 1 aliphatic heterocycles. The van der Waals surface area contributed by atoms with Crippen LogP contribution in [-0.2, 0) is 11.3 Å². The summed E-state index contributed by atoms with van der Waals surface area (Å²) in [4.78, 5) is 26.1. The number of hydrogen-bond acceptors (Lipinski definition) is 6. The fraction of sp³-hybridized carbons (Fsp3) is 0.318. The number of nitrogens with zero attached hydrogens (tertiary/aromatic N) is 4. The van der Waals surface area contributed by atoms with Crippen molar-refractivity contribution in [1.82, 2.24) is 14.9 Å². The molecule has 1 aliphatic rings. The van der Waals surface area contributed by atoms with E-state index < -0.39 is 0 Å². The lowest BCUT2D eigenvalue weighted by atomic mass is 10.1. The van der Waals surface area contributed by atoms with Crippen LogP contribution in [0.4, 0.5) is 5.69 Å². The molecule has 3 heterocycles. The van der Waals surface area contributed by atoms with Crippen LogP contribution in [0.15, 0.2) is 54.9 Å². The summed E-state index contributed by atoms with van der Waals surface area (Å²) in [5.41, 5.74) is 3.44. The van der Waals surface area contributed by atoms with E-state index in [1.54, 1.807) is 6.20 Å². The molecule has 0 radical (unpaired) electrons. The van der Waals surface area contributed by atoms with Gasteiger partial charge >= 0.3 is 5.97 Å². The van der Waals surface area contributed by atoms with E-state index >= 15 is 0 Å². The van der Waals surface area contributed by atoms with Crippen molar-refractivity contribution >= 4 is 22.6 Å². The van der Waals surface area contributed by atoms with Gasteiger partial charge in [-0.1, -0.05) is 24.3 Å². The van der Waals surface area contributed by atoms with Gasteiger partial charge in [0, 0.05) is 50.5 Å². The van der Waals surface area contributed by atoms with Crippen molar-refractivity contribution in [2.45, 2.75) is 13.5 Å². The number of piperazine rings is 1. The zero-order chi connectivity index (χ0) is 19.3. The van der Waals surface area contributed by atoms with Crippen LogP contribution in [0.5, 0.6) is 0 Å². The molecular weight excluding hydrogens is 352 g/mol. The van der Waals surface area contributed by atoms with Crippen molar-refractivity contribution < 1.29 is 9.53 Å². The van der Waals surface area contributed by atoms with Gasteiger partial charge in [0.25, 0.3) is 0 Å². The van der Waals surface area contributed by atoms with Gasteiger partial charge in [0.15, 0.2) is 0 Å². The third kappa shape index (κ3) is 3.82. The van der Waals surface area contributed by atoms with E-state index in [2.05, 4.69) is 25.8 Å². The minimum Gasteiger partial charge on any atom is -0.462 e. The first-order valence-electron chi connectivity index (χ1n) is 9.68. The van der Waals surface area contributed by atoms with Crippen LogP contribution < -0.4 is 4.90 Å². The van der Waals surface area contributed by atoms with E-state index in [0.29, 0.717) is 12.2 Å². The maximum Gasteiger partial charge on any atom is 0.341 e. The Morgan fingerprint density at radius 2 is 1.82 bits per heavy atom. The lowest BCUT2D eigenvalue weighted by Gasteiger charge is -2.37. The topological polar surface area (TPSA) is 58.6 Å². The molecule has 0 unspecified atom stereocenters. The second-order valence-electron chi connectivity index (χ2n) is 6.84. The van der Waals surface area contributed by atoms with Gasteiger partial charge in [0.1, 0.15) is 5.56 Å². The average Bonchev–Trinajstić information content (AvgIpc) is 2.74. The summed E-state index contributed by atoms with van der Waals surface area (Å²) >= 11 is 0. The van der Waals surface area contributed by atoms with Crippen molar-refractivity contribution in [3.05, 3.63) is 66.1 Å². The first-order valence-corrected chi connectivity index (χ1v) is 9.68. The summed E-state index contributed by atoms with van der Waals surface area (Å²) in [6, 6.07) is 14.0. The molecule has 0 bridgehead atoms. The molecule has 1 saturated heterocycles. The number of carbonyl (C=O) groups is 1. The molecule has 144 valence electrons. The smallest absolute Gasteiger partial charge is 0.341 e. The van der Waals surface area contributed by atoms with Gasteiger partial charge in [0.2, 0.25) is 0 Å². The van der Waals surface area contributed by atoms with Gasteiger partial charge in [-0.05, 0) is 25.1 Å². The summed E-state index contributed by atoms with van der Waals surface area (Å²) in [5, 5.41) is 0.992. The number of anilines is 1. The molecule has 6 heteroatoms. The minimum atomic E-state index is -0.313. The Morgan fingerprint density at radius 1 is 1.04 bits per heavy atom. The maximum atomic E-state index is 12.5. The van der Waals surface area contributed by atoms with E-state index in [1.807, 2.05) is 49.5 Å². The minimum absolute atomic E-state index is 0.313. The Hall–Kier alpha value is -2.99. The highest BCUT2D eigenvalue weighted by Gasteiger charge is 2.25. The monoisotopic (exact) mass is 376 g/mol. The maximum absolute atomic E-state index is 12.5. The van der Waals surface area contributed by atoms with Crippen molar-refractivity contribution in [3.8, 4) is 0 Å². The van der Waals surface area contributed by atoms with Crippen LogP contribution in [0.2, 0.25) is 0 Å². The average molecular weight is 376 g/mol. The van der Waals surface area contributed by atoms with Crippen molar-refractivity contribution in [1.29, 1.82) is 0 Å². The van der Waals surface area contributed by atoms with Crippen molar-refractivity contribution in [3.63, 3.8) is 0 Å². The molecule has 0 N–H and O–H groups in total. The Bertz CT molecular complexity index is 953. The molecule has 0 aliphatic carbocycles. The van der Waals surface area contributed by atoms with E-state index in [9.17, 15) is 4.79 Å². The Morgan fingerprint density at radius 3 is 2.57 bits per heavy atom. The zero-order valence-corrected chi connectivity index (χ0v) is 16.0. The number of benzene rings is 1. The first kappa shape index (κ1) is 18.4. The van der Waals surface area contributed by atoms with Gasteiger partial charge in [-0.15, -0.1) is 0 Å². The summed E-state index contributed by atoms with van der Waals surface area (Å²) in [5.74, 6) is -0.313. The quantitative estimate of drug-likeness (QED) is 0.638. The Labute approximate surface area is 164 Å². The normalized spacial score (nSPS) is 15.0. The van der Waals surface area contributed by atoms with E-state index in [-0.39, 0.29) is 5.97 Å². The molecular formula is C22H24N4O2. The number of ether oxygens (including phenoxy) is 1. The highest BCUT2D eigenvalue weighted by Crippen LogP contribution is 2.31. The summed E-state index contributed by atoms with van der Waals surface area (Å²) in [7, 11) is 0. The van der Waals surface area contributed by atoms with Gasteiger partial charge in [-0.3, -0.25) is 14.9 Å². The fourth-order valence-corrected chi connectivity index (χ4v) is 3.68. The predicted octanol–water partition coefficient (Wildman–Crippen LogP) is 3.13. The summed E-state index contributed by atoms with van der Waals surface area (Å²) < 4.78 is 5.28. The molecule has 1 fully saturated rings. The molecule has 0 atom stereocenters. The van der Waals surface area contributed by atoms with E-state index in [1.165, 1.54) is 0 Å². The number of hydrogen-bond donors (Lipinski definition) is 0. The molecule has 6 nitrogen and oxygen atoms in total. The molecule has 0 saturated carbocycles. The fourth-order valence-electron chi connectivity index (χ4n) is 3.68. The van der Waals surface area contributed by atoms with Crippen LogP contribution in [0.3, 0.4) is 0 Å². The van der Waals surface area contributed by atoms with Gasteiger partial charge in [-0.25, -0.2) is 4.79 Å². The summed E-state index contributed by atoms with van der Waals surface area (Å²) in [6.07, 6.45) is 3.48. The van der Waals surface area contributed by atoms with Gasteiger partial charge < -0.3 is 9.64 Å². The van der Waals surface area contributed by atoms with Crippen LogP contribution in [0.1, 0.15) is 23.0 Å². The third-order valence-electron chi connectivity index (χ3n) is 5.04. The molecule has 4 rings (SSSR count). The number of rotatable bonds is 5. The third-order valence-corrected chi connectivity index (χ3v) is 5.04. The number of aromatic nitrogens is 2. The second-order valence-corrected chi connectivity index (χ2v) is 6.84. The SMILES string of the molecule is CCOC(=O)c1cnc2ccccc2c1N1CCN(Cc2ccccn2)CC1. The van der Waals surface area contributed by atoms with Crippen LogP contribution in [0, 0.1) is 0 Å².